The molecule has 1 aromatic carbocycles. The predicted octanol–water partition coefficient (Wildman–Crippen LogP) is 2.53. The monoisotopic (exact) mass is 333 g/mol. The number of anilines is 1. The molecular formula is C14H17ClFNO5. The van der Waals surface area contributed by atoms with Gasteiger partial charge in [0.2, 0.25) is 5.60 Å². The maximum absolute atomic E-state index is 13.2. The smallest absolute Gasteiger partial charge is 0.352 e. The van der Waals surface area contributed by atoms with E-state index >= 15 is 0 Å². The van der Waals surface area contributed by atoms with Gasteiger partial charge in [-0.15, -0.1) is 0 Å². The number of nitrogens with two attached hydrogens (primary N) is 1. The van der Waals surface area contributed by atoms with E-state index in [1.54, 1.807) is 0 Å². The Labute approximate surface area is 132 Å². The van der Waals surface area contributed by atoms with Crippen molar-refractivity contribution in [3.8, 4) is 0 Å². The van der Waals surface area contributed by atoms with Gasteiger partial charge in [0.1, 0.15) is 5.82 Å². The number of carbonyl (C=O) groups excluding carboxylic acids is 2. The molecular weight excluding hydrogens is 317 g/mol. The van der Waals surface area contributed by atoms with E-state index in [0.717, 1.165) is 12.1 Å². The minimum atomic E-state index is -1.59. The van der Waals surface area contributed by atoms with E-state index in [-0.39, 0.29) is 16.3 Å². The van der Waals surface area contributed by atoms with Crippen molar-refractivity contribution in [3.63, 3.8) is 0 Å². The molecule has 0 saturated carbocycles. The first-order chi connectivity index (χ1) is 10.1. The van der Waals surface area contributed by atoms with E-state index in [4.69, 9.17) is 31.5 Å². The number of carbonyl (C=O) groups is 2. The summed E-state index contributed by atoms with van der Waals surface area (Å²) in [5.74, 6) is -2.49. The van der Waals surface area contributed by atoms with E-state index in [0.29, 0.717) is 0 Å². The van der Waals surface area contributed by atoms with Gasteiger partial charge in [0.25, 0.3) is 0 Å². The highest BCUT2D eigenvalue weighted by molar-refractivity contribution is 6.33. The van der Waals surface area contributed by atoms with Gasteiger partial charge in [-0.3, -0.25) is 0 Å². The second kappa shape index (κ2) is 6.93. The van der Waals surface area contributed by atoms with Gasteiger partial charge in [-0.05, 0) is 32.9 Å². The maximum atomic E-state index is 13.2. The Kier molecular flexibility index (Phi) is 5.73. The molecule has 0 aromatic heterocycles. The number of benzene rings is 1. The molecule has 22 heavy (non-hydrogen) atoms. The molecule has 0 spiro atoms. The normalized spacial score (nSPS) is 12.6. The summed E-state index contributed by atoms with van der Waals surface area (Å²) in [4.78, 5) is 24.0. The molecule has 122 valence electrons. The average Bonchev–Trinajstić information content (AvgIpc) is 2.41. The minimum Gasteiger partial charge on any atom is -0.444 e. The van der Waals surface area contributed by atoms with Crippen LogP contribution in [0.4, 0.5) is 10.1 Å². The Bertz CT molecular complexity index is 591. The number of halogens is 2. The molecule has 0 saturated heterocycles. The molecule has 0 radical (unpaired) electrons. The SMILES string of the molecule is COC(C)OC(=O)C(C)(C)OC(=O)c1cc(N)c(F)cc1Cl. The third-order valence-electron chi connectivity index (χ3n) is 2.75. The molecule has 1 unspecified atom stereocenters. The van der Waals surface area contributed by atoms with Crippen molar-refractivity contribution in [2.24, 2.45) is 0 Å². The van der Waals surface area contributed by atoms with Crippen LogP contribution in [0.15, 0.2) is 12.1 Å². The fourth-order valence-electron chi connectivity index (χ4n) is 1.39. The Hall–Kier alpha value is -1.86. The Morgan fingerprint density at radius 1 is 1.36 bits per heavy atom. The van der Waals surface area contributed by atoms with Crippen LogP contribution in [0.5, 0.6) is 0 Å². The second-order valence-corrected chi connectivity index (χ2v) is 5.37. The molecule has 2 N–H and O–H groups in total. The van der Waals surface area contributed by atoms with Crippen LogP contribution < -0.4 is 5.73 Å². The largest absolute Gasteiger partial charge is 0.444 e. The third-order valence-corrected chi connectivity index (χ3v) is 3.06. The summed E-state index contributed by atoms with van der Waals surface area (Å²) < 4.78 is 28.0. The molecule has 8 heteroatoms. The van der Waals surface area contributed by atoms with E-state index < -0.39 is 29.6 Å². The van der Waals surface area contributed by atoms with Crippen LogP contribution in [0.1, 0.15) is 31.1 Å². The first kappa shape index (κ1) is 18.2. The highest BCUT2D eigenvalue weighted by atomic mass is 35.5. The summed E-state index contributed by atoms with van der Waals surface area (Å²) in [6.45, 7) is 4.19. The molecule has 0 aliphatic carbocycles. The van der Waals surface area contributed by atoms with Gasteiger partial charge in [-0.2, -0.15) is 0 Å². The van der Waals surface area contributed by atoms with Crippen LogP contribution in [0.2, 0.25) is 5.02 Å². The molecule has 1 aromatic rings. The van der Waals surface area contributed by atoms with Crippen LogP contribution in [0.25, 0.3) is 0 Å². The lowest BCUT2D eigenvalue weighted by Gasteiger charge is -2.24. The summed E-state index contributed by atoms with van der Waals surface area (Å²) in [5, 5.41) is -0.175. The van der Waals surface area contributed by atoms with Crippen molar-refractivity contribution < 1.29 is 28.2 Å². The van der Waals surface area contributed by atoms with Crippen molar-refractivity contribution in [1.82, 2.24) is 0 Å². The molecule has 6 nitrogen and oxygen atoms in total. The number of methoxy groups -OCH3 is 1. The molecule has 0 aliphatic heterocycles. The average molecular weight is 334 g/mol. The van der Waals surface area contributed by atoms with Crippen molar-refractivity contribution in [2.45, 2.75) is 32.7 Å². The lowest BCUT2D eigenvalue weighted by atomic mass is 10.1. The number of esters is 2. The minimum absolute atomic E-state index is 0.152. The molecule has 0 bridgehead atoms. The maximum Gasteiger partial charge on any atom is 0.352 e. The third kappa shape index (κ3) is 4.32. The molecule has 0 aliphatic rings. The van der Waals surface area contributed by atoms with Gasteiger partial charge in [0.05, 0.1) is 16.3 Å². The number of rotatable bonds is 5. The van der Waals surface area contributed by atoms with Crippen molar-refractivity contribution in [3.05, 3.63) is 28.5 Å². The summed E-state index contributed by atoms with van der Waals surface area (Å²) in [6, 6.07) is 1.94. The number of nitrogen functional groups attached to an aromatic ring is 1. The molecule has 1 atom stereocenters. The summed E-state index contributed by atoms with van der Waals surface area (Å²) >= 11 is 5.78. The molecule has 1 rings (SSSR count). The van der Waals surface area contributed by atoms with Gasteiger partial charge in [-0.1, -0.05) is 11.6 Å². The van der Waals surface area contributed by atoms with Crippen LogP contribution in [-0.2, 0) is 19.0 Å². The van der Waals surface area contributed by atoms with Gasteiger partial charge >= 0.3 is 11.9 Å². The first-order valence-electron chi connectivity index (χ1n) is 6.30. The van der Waals surface area contributed by atoms with E-state index in [1.807, 2.05) is 0 Å². The lowest BCUT2D eigenvalue weighted by molar-refractivity contribution is -0.187. The zero-order valence-corrected chi connectivity index (χ0v) is 13.4. The van der Waals surface area contributed by atoms with Crippen LogP contribution in [0, 0.1) is 5.82 Å². The number of hydrogen-bond donors (Lipinski definition) is 1. The van der Waals surface area contributed by atoms with Crippen molar-refractivity contribution >= 4 is 29.2 Å². The zero-order valence-electron chi connectivity index (χ0n) is 12.6. The zero-order chi connectivity index (χ0) is 17.1. The molecule has 0 amide bonds. The van der Waals surface area contributed by atoms with E-state index in [2.05, 4.69) is 0 Å². The van der Waals surface area contributed by atoms with Gasteiger partial charge in [-0.25, -0.2) is 14.0 Å². The lowest BCUT2D eigenvalue weighted by Crippen LogP contribution is -2.40. The first-order valence-corrected chi connectivity index (χ1v) is 6.68. The van der Waals surface area contributed by atoms with Gasteiger partial charge in [0.15, 0.2) is 6.29 Å². The van der Waals surface area contributed by atoms with Crippen molar-refractivity contribution in [1.29, 1.82) is 0 Å². The standard InChI is InChI=1S/C14H17ClFNO5/c1-7(20-4)21-13(19)14(2,3)22-12(18)8-5-11(17)10(16)6-9(8)15/h5-7H,17H2,1-4H3. The Morgan fingerprint density at radius 3 is 2.50 bits per heavy atom. The highest BCUT2D eigenvalue weighted by Crippen LogP contribution is 2.25. The summed E-state index contributed by atoms with van der Waals surface area (Å²) in [5.41, 5.74) is 3.39. The highest BCUT2D eigenvalue weighted by Gasteiger charge is 2.36. The molecule has 0 heterocycles. The predicted molar refractivity (Wildman–Crippen MR) is 77.9 cm³/mol. The van der Waals surface area contributed by atoms with Crippen LogP contribution in [0.3, 0.4) is 0 Å². The summed E-state index contributed by atoms with van der Waals surface area (Å²) in [7, 11) is 1.36. The van der Waals surface area contributed by atoms with Gasteiger partial charge < -0.3 is 19.9 Å². The van der Waals surface area contributed by atoms with Gasteiger partial charge in [0, 0.05) is 7.11 Å². The van der Waals surface area contributed by atoms with Crippen LogP contribution in [-0.4, -0.2) is 30.9 Å². The second-order valence-electron chi connectivity index (χ2n) is 4.96. The number of ether oxygens (including phenoxy) is 3. The molecule has 0 fully saturated rings. The van der Waals surface area contributed by atoms with E-state index in [1.165, 1.54) is 27.9 Å². The topological polar surface area (TPSA) is 87.9 Å². The number of hydrogen-bond acceptors (Lipinski definition) is 6. The summed E-state index contributed by atoms with van der Waals surface area (Å²) in [6.07, 6.45) is -0.796. The van der Waals surface area contributed by atoms with E-state index in [9.17, 15) is 14.0 Å². The fourth-order valence-corrected chi connectivity index (χ4v) is 1.62. The Balaban J connectivity index is 2.91. The quantitative estimate of drug-likeness (QED) is 0.506. The Morgan fingerprint density at radius 2 is 1.95 bits per heavy atom. The van der Waals surface area contributed by atoms with Crippen LogP contribution >= 0.6 is 11.6 Å². The fraction of sp³-hybridized carbons (Fsp3) is 0.429. The van der Waals surface area contributed by atoms with Crippen molar-refractivity contribution in [2.75, 3.05) is 12.8 Å².